The average Bonchev–Trinajstić information content (AvgIpc) is 3.11. The third-order valence-electron chi connectivity index (χ3n) is 4.57. The van der Waals surface area contributed by atoms with Gasteiger partial charge >= 0.3 is 5.97 Å². The molecule has 5 heteroatoms. The maximum absolute atomic E-state index is 12.0. The SMILES string of the molecule is CCCCCCC(=O)/C=C\[C@@H](CCCCCCC(=O)O)C1CC=NO1. The van der Waals surface area contributed by atoms with E-state index in [4.69, 9.17) is 9.94 Å². The number of allylic oxidation sites excluding steroid dienone is 1. The number of ketones is 1. The van der Waals surface area contributed by atoms with Crippen molar-refractivity contribution in [1.29, 1.82) is 0 Å². The molecule has 0 saturated carbocycles. The first-order valence-corrected chi connectivity index (χ1v) is 9.74. The van der Waals surface area contributed by atoms with Crippen LogP contribution >= 0.6 is 0 Å². The van der Waals surface area contributed by atoms with Crippen LogP contribution in [0, 0.1) is 5.92 Å². The monoisotopic (exact) mass is 351 g/mol. The molecule has 142 valence electrons. The van der Waals surface area contributed by atoms with Crippen molar-refractivity contribution in [2.24, 2.45) is 11.1 Å². The second-order valence-electron chi connectivity index (χ2n) is 6.81. The largest absolute Gasteiger partial charge is 0.481 e. The number of carboxylic acids is 1. The summed E-state index contributed by atoms with van der Waals surface area (Å²) < 4.78 is 0. The molecular formula is C20H33NO4. The van der Waals surface area contributed by atoms with E-state index in [1.165, 1.54) is 12.8 Å². The Kier molecular flexibility index (Phi) is 11.7. The van der Waals surface area contributed by atoms with Crippen LogP contribution < -0.4 is 0 Å². The Morgan fingerprint density at radius 1 is 1.16 bits per heavy atom. The normalized spacial score (nSPS) is 17.7. The minimum Gasteiger partial charge on any atom is -0.481 e. The van der Waals surface area contributed by atoms with E-state index in [1.54, 1.807) is 12.3 Å². The molecule has 1 N–H and O–H groups in total. The fourth-order valence-electron chi connectivity index (χ4n) is 3.02. The number of carboxylic acid groups (broad SMARTS) is 1. The van der Waals surface area contributed by atoms with Crippen molar-refractivity contribution >= 4 is 18.0 Å². The molecule has 1 heterocycles. The minimum atomic E-state index is -0.727. The zero-order valence-corrected chi connectivity index (χ0v) is 15.5. The van der Waals surface area contributed by atoms with Crippen LogP contribution in [-0.4, -0.2) is 29.2 Å². The summed E-state index contributed by atoms with van der Waals surface area (Å²) in [4.78, 5) is 27.9. The minimum absolute atomic E-state index is 0.0307. The van der Waals surface area contributed by atoms with Gasteiger partial charge in [-0.15, -0.1) is 0 Å². The van der Waals surface area contributed by atoms with Crippen LogP contribution in [0.25, 0.3) is 0 Å². The summed E-state index contributed by atoms with van der Waals surface area (Å²) in [6.45, 7) is 2.16. The number of hydrogen-bond acceptors (Lipinski definition) is 4. The lowest BCUT2D eigenvalue weighted by atomic mass is 9.92. The molecule has 0 saturated heterocycles. The molecule has 1 unspecified atom stereocenters. The molecule has 2 atom stereocenters. The van der Waals surface area contributed by atoms with Crippen LogP contribution in [0.5, 0.6) is 0 Å². The number of carbonyl (C=O) groups is 2. The number of hydrogen-bond donors (Lipinski definition) is 1. The van der Waals surface area contributed by atoms with Gasteiger partial charge in [0.15, 0.2) is 5.78 Å². The lowest BCUT2D eigenvalue weighted by Gasteiger charge is -2.18. The highest BCUT2D eigenvalue weighted by molar-refractivity contribution is 5.89. The van der Waals surface area contributed by atoms with Crippen molar-refractivity contribution in [3.05, 3.63) is 12.2 Å². The molecule has 0 spiro atoms. The van der Waals surface area contributed by atoms with Crippen molar-refractivity contribution in [3.63, 3.8) is 0 Å². The van der Waals surface area contributed by atoms with Crippen LogP contribution in [0.1, 0.15) is 84.0 Å². The van der Waals surface area contributed by atoms with Crippen LogP contribution in [0.15, 0.2) is 17.3 Å². The number of rotatable bonds is 15. The fraction of sp³-hybridized carbons (Fsp3) is 0.750. The molecule has 1 aliphatic rings. The number of oxime groups is 1. The molecule has 0 bridgehead atoms. The summed E-state index contributed by atoms with van der Waals surface area (Å²) in [7, 11) is 0. The van der Waals surface area contributed by atoms with Gasteiger partial charge in [-0.05, 0) is 25.3 Å². The molecule has 5 nitrogen and oxygen atoms in total. The zero-order chi connectivity index (χ0) is 18.3. The number of unbranched alkanes of at least 4 members (excludes halogenated alkanes) is 6. The molecule has 25 heavy (non-hydrogen) atoms. The standard InChI is InChI=1S/C20H33NO4/c1-2-3-4-8-11-18(22)14-13-17(19-15-16-21-25-19)10-7-5-6-9-12-20(23)24/h13-14,16-17,19H,2-12,15H2,1H3,(H,23,24)/b14-13-/t17-,19?/m1/s1. The molecule has 0 fully saturated rings. The summed E-state index contributed by atoms with van der Waals surface area (Å²) in [5, 5.41) is 12.5. The van der Waals surface area contributed by atoms with Gasteiger partial charge in [0.25, 0.3) is 0 Å². The highest BCUT2D eigenvalue weighted by Crippen LogP contribution is 2.23. The maximum Gasteiger partial charge on any atom is 0.303 e. The van der Waals surface area contributed by atoms with Gasteiger partial charge in [-0.3, -0.25) is 9.59 Å². The van der Waals surface area contributed by atoms with Gasteiger partial charge in [-0.1, -0.05) is 56.7 Å². The Bertz CT molecular complexity index is 437. The van der Waals surface area contributed by atoms with E-state index in [2.05, 4.69) is 12.1 Å². The predicted octanol–water partition coefficient (Wildman–Crippen LogP) is 4.90. The second kappa shape index (κ2) is 13.6. The average molecular weight is 351 g/mol. The van der Waals surface area contributed by atoms with Crippen molar-refractivity contribution in [3.8, 4) is 0 Å². The third-order valence-corrected chi connectivity index (χ3v) is 4.57. The Morgan fingerprint density at radius 3 is 2.56 bits per heavy atom. The first-order valence-electron chi connectivity index (χ1n) is 9.74. The Hall–Kier alpha value is -1.65. The first-order chi connectivity index (χ1) is 12.1. The van der Waals surface area contributed by atoms with Crippen molar-refractivity contribution < 1.29 is 19.5 Å². The molecule has 0 aliphatic carbocycles. The van der Waals surface area contributed by atoms with E-state index >= 15 is 0 Å². The molecule has 0 aromatic heterocycles. The highest BCUT2D eigenvalue weighted by atomic mass is 16.6. The van der Waals surface area contributed by atoms with Crippen LogP contribution in [0.2, 0.25) is 0 Å². The van der Waals surface area contributed by atoms with Gasteiger partial charge < -0.3 is 9.94 Å². The van der Waals surface area contributed by atoms with Crippen molar-refractivity contribution in [2.75, 3.05) is 0 Å². The lowest BCUT2D eigenvalue weighted by Crippen LogP contribution is -2.18. The third kappa shape index (κ3) is 10.7. The maximum atomic E-state index is 12.0. The fourth-order valence-corrected chi connectivity index (χ4v) is 3.02. The predicted molar refractivity (Wildman–Crippen MR) is 99.7 cm³/mol. The smallest absolute Gasteiger partial charge is 0.303 e. The van der Waals surface area contributed by atoms with Crippen LogP contribution in [-0.2, 0) is 14.4 Å². The van der Waals surface area contributed by atoms with Gasteiger partial charge in [-0.2, -0.15) is 0 Å². The van der Waals surface area contributed by atoms with E-state index in [1.807, 2.05) is 6.08 Å². The first kappa shape index (κ1) is 21.4. The van der Waals surface area contributed by atoms with Gasteiger partial charge in [0, 0.05) is 31.4 Å². The number of aliphatic carboxylic acids is 1. The van der Waals surface area contributed by atoms with Crippen LogP contribution in [0.3, 0.4) is 0 Å². The lowest BCUT2D eigenvalue weighted by molar-refractivity contribution is -0.137. The van der Waals surface area contributed by atoms with E-state index in [-0.39, 0.29) is 24.2 Å². The molecular weight excluding hydrogens is 318 g/mol. The van der Waals surface area contributed by atoms with Crippen molar-refractivity contribution in [1.82, 2.24) is 0 Å². The quantitative estimate of drug-likeness (QED) is 0.336. The Balaban J connectivity index is 2.31. The zero-order valence-electron chi connectivity index (χ0n) is 15.5. The summed E-state index contributed by atoms with van der Waals surface area (Å²) in [5.41, 5.74) is 0. The Labute approximate surface area is 151 Å². The number of nitrogens with zero attached hydrogens (tertiary/aromatic N) is 1. The van der Waals surface area contributed by atoms with Gasteiger partial charge in [0.2, 0.25) is 0 Å². The van der Waals surface area contributed by atoms with Gasteiger partial charge in [-0.25, -0.2) is 0 Å². The highest BCUT2D eigenvalue weighted by Gasteiger charge is 2.23. The van der Waals surface area contributed by atoms with E-state index in [0.717, 1.165) is 51.4 Å². The summed E-state index contributed by atoms with van der Waals surface area (Å²) in [6, 6.07) is 0. The van der Waals surface area contributed by atoms with Gasteiger partial charge in [0.05, 0.1) is 0 Å². The molecule has 1 rings (SSSR count). The van der Waals surface area contributed by atoms with Gasteiger partial charge in [0.1, 0.15) is 6.10 Å². The molecule has 0 radical (unpaired) electrons. The van der Waals surface area contributed by atoms with E-state index in [9.17, 15) is 9.59 Å². The van der Waals surface area contributed by atoms with Crippen molar-refractivity contribution in [2.45, 2.75) is 90.1 Å². The summed E-state index contributed by atoms with van der Waals surface area (Å²) in [5.74, 6) is -0.335. The summed E-state index contributed by atoms with van der Waals surface area (Å²) in [6.07, 6.45) is 16.3. The molecule has 1 aliphatic heterocycles. The van der Waals surface area contributed by atoms with E-state index < -0.39 is 5.97 Å². The molecule has 0 aromatic rings. The molecule has 0 amide bonds. The van der Waals surface area contributed by atoms with Crippen LogP contribution in [0.4, 0.5) is 0 Å². The topological polar surface area (TPSA) is 76.0 Å². The van der Waals surface area contributed by atoms with E-state index in [0.29, 0.717) is 6.42 Å². The summed E-state index contributed by atoms with van der Waals surface area (Å²) >= 11 is 0. The molecule has 0 aromatic carbocycles. The second-order valence-corrected chi connectivity index (χ2v) is 6.81. The number of carbonyl (C=O) groups excluding carboxylic acids is 1. The Morgan fingerprint density at radius 2 is 1.88 bits per heavy atom.